The minimum Gasteiger partial charge on any atom is -0.378 e. The average molecular weight is 397 g/mol. The Balaban J connectivity index is 1.23. The van der Waals surface area contributed by atoms with E-state index in [0.717, 1.165) is 63.9 Å². The number of hydrogen-bond donors (Lipinski definition) is 1. The summed E-state index contributed by atoms with van der Waals surface area (Å²) in [4.78, 5) is 2.51. The molecule has 1 aliphatic heterocycles. The minimum atomic E-state index is -0.132. The summed E-state index contributed by atoms with van der Waals surface area (Å²) in [5, 5.41) is 0. The monoisotopic (exact) mass is 396 g/mol. The first-order chi connectivity index (χ1) is 14.2. The van der Waals surface area contributed by atoms with Crippen LogP contribution in [0.25, 0.3) is 0 Å². The summed E-state index contributed by atoms with van der Waals surface area (Å²) in [6, 6.07) is 18.0. The second kappa shape index (κ2) is 9.84. The molecule has 3 nitrogen and oxygen atoms in total. The van der Waals surface area contributed by atoms with Gasteiger partial charge in [0.1, 0.15) is 5.82 Å². The zero-order chi connectivity index (χ0) is 20.1. The second-order valence-electron chi connectivity index (χ2n) is 8.80. The van der Waals surface area contributed by atoms with Gasteiger partial charge in [-0.25, -0.2) is 4.39 Å². The molecule has 1 heterocycles. The van der Waals surface area contributed by atoms with Crippen LogP contribution in [0.4, 0.5) is 4.39 Å². The summed E-state index contributed by atoms with van der Waals surface area (Å²) < 4.78 is 19.8. The number of likely N-dealkylation sites (tertiary alicyclic amines) is 1. The van der Waals surface area contributed by atoms with Gasteiger partial charge in [0.25, 0.3) is 0 Å². The van der Waals surface area contributed by atoms with Crippen LogP contribution >= 0.6 is 0 Å². The van der Waals surface area contributed by atoms with Crippen LogP contribution in [0, 0.1) is 11.7 Å². The molecule has 2 aromatic rings. The second-order valence-corrected chi connectivity index (χ2v) is 8.80. The Morgan fingerprint density at radius 1 is 0.966 bits per heavy atom. The van der Waals surface area contributed by atoms with Crippen molar-refractivity contribution in [2.24, 2.45) is 11.7 Å². The minimum absolute atomic E-state index is 0.132. The molecule has 2 atom stereocenters. The van der Waals surface area contributed by atoms with E-state index in [-0.39, 0.29) is 11.9 Å². The number of piperidine rings is 1. The molecule has 1 saturated carbocycles. The summed E-state index contributed by atoms with van der Waals surface area (Å²) in [5.41, 5.74) is 8.91. The van der Waals surface area contributed by atoms with Crippen LogP contribution < -0.4 is 5.73 Å². The number of halogens is 1. The van der Waals surface area contributed by atoms with E-state index < -0.39 is 0 Å². The molecule has 0 bridgehead atoms. The number of nitrogens with two attached hydrogens (primary N) is 1. The summed E-state index contributed by atoms with van der Waals surface area (Å²) in [6.45, 7) is 3.81. The Morgan fingerprint density at radius 2 is 1.76 bits per heavy atom. The fourth-order valence-corrected chi connectivity index (χ4v) is 4.87. The van der Waals surface area contributed by atoms with Gasteiger partial charge in [-0.1, -0.05) is 42.5 Å². The molecule has 4 rings (SSSR count). The molecule has 2 N–H and O–H groups in total. The molecule has 29 heavy (non-hydrogen) atoms. The van der Waals surface area contributed by atoms with E-state index in [9.17, 15) is 4.39 Å². The lowest BCUT2D eigenvalue weighted by Crippen LogP contribution is -2.48. The van der Waals surface area contributed by atoms with Crippen LogP contribution in [0.1, 0.15) is 49.1 Å². The summed E-state index contributed by atoms with van der Waals surface area (Å²) in [5.74, 6) is 0.726. The molecule has 0 unspecified atom stereocenters. The molecule has 4 heteroatoms. The third-order valence-electron chi connectivity index (χ3n) is 6.67. The van der Waals surface area contributed by atoms with Crippen molar-refractivity contribution in [3.63, 3.8) is 0 Å². The van der Waals surface area contributed by atoms with Crippen LogP contribution in [0.15, 0.2) is 54.6 Å². The Bertz CT molecular complexity index is 760. The van der Waals surface area contributed by atoms with Crippen LogP contribution in [-0.2, 0) is 11.3 Å². The normalized spacial score (nSPS) is 28.3. The van der Waals surface area contributed by atoms with Gasteiger partial charge in [0.05, 0.1) is 12.7 Å². The standard InChI is InChI=1S/C25H33FN2O/c26-23-8-4-7-21(15-23)20-9-11-24(12-10-20)29-18-22-17-28(14-13-25(22)27)16-19-5-2-1-3-6-19/h1-8,15,20,22,24-25H,9-14,16-18,27H2/t20?,22-,24?,25+/m1/s1. The molecule has 0 aromatic heterocycles. The molecule has 2 aliphatic rings. The van der Waals surface area contributed by atoms with E-state index >= 15 is 0 Å². The highest BCUT2D eigenvalue weighted by Gasteiger charge is 2.29. The first-order valence-electron chi connectivity index (χ1n) is 11.1. The number of ether oxygens (including phenoxy) is 1. The molecular formula is C25H33FN2O. The Labute approximate surface area is 174 Å². The molecule has 1 aliphatic carbocycles. The maximum Gasteiger partial charge on any atom is 0.123 e. The van der Waals surface area contributed by atoms with Gasteiger partial charge in [-0.15, -0.1) is 0 Å². The van der Waals surface area contributed by atoms with Gasteiger partial charge in [-0.3, -0.25) is 4.90 Å². The topological polar surface area (TPSA) is 38.5 Å². The average Bonchev–Trinajstić information content (AvgIpc) is 2.75. The predicted molar refractivity (Wildman–Crippen MR) is 115 cm³/mol. The molecule has 2 aromatic carbocycles. The lowest BCUT2D eigenvalue weighted by atomic mass is 9.82. The van der Waals surface area contributed by atoms with Crippen molar-refractivity contribution >= 4 is 0 Å². The highest BCUT2D eigenvalue weighted by atomic mass is 19.1. The SMILES string of the molecule is N[C@H]1CCN(Cc2ccccc2)C[C@@H]1COC1CCC(c2cccc(F)c2)CC1. The molecule has 156 valence electrons. The van der Waals surface area contributed by atoms with Crippen LogP contribution in [0.2, 0.25) is 0 Å². The number of hydrogen-bond acceptors (Lipinski definition) is 3. The summed E-state index contributed by atoms with van der Waals surface area (Å²) in [7, 11) is 0. The summed E-state index contributed by atoms with van der Waals surface area (Å²) >= 11 is 0. The maximum atomic E-state index is 13.5. The smallest absolute Gasteiger partial charge is 0.123 e. The van der Waals surface area contributed by atoms with Gasteiger partial charge in [0.15, 0.2) is 0 Å². The first kappa shape index (κ1) is 20.5. The van der Waals surface area contributed by atoms with Crippen molar-refractivity contribution in [2.45, 2.75) is 56.7 Å². The Morgan fingerprint density at radius 3 is 2.52 bits per heavy atom. The fourth-order valence-electron chi connectivity index (χ4n) is 4.87. The fraction of sp³-hybridized carbons (Fsp3) is 0.520. The van der Waals surface area contributed by atoms with Gasteiger partial charge >= 0.3 is 0 Å². The third kappa shape index (κ3) is 5.65. The van der Waals surface area contributed by atoms with E-state index in [4.69, 9.17) is 10.5 Å². The molecule has 0 spiro atoms. The zero-order valence-corrected chi connectivity index (χ0v) is 17.2. The van der Waals surface area contributed by atoms with Gasteiger partial charge in [-0.05, 0) is 67.8 Å². The van der Waals surface area contributed by atoms with E-state index in [1.165, 1.54) is 11.6 Å². The van der Waals surface area contributed by atoms with Crippen LogP contribution in [-0.4, -0.2) is 36.7 Å². The Kier molecular flexibility index (Phi) is 6.96. The van der Waals surface area contributed by atoms with Crippen molar-refractivity contribution < 1.29 is 9.13 Å². The molecular weight excluding hydrogens is 363 g/mol. The number of benzene rings is 2. The third-order valence-corrected chi connectivity index (χ3v) is 6.67. The zero-order valence-electron chi connectivity index (χ0n) is 17.2. The van der Waals surface area contributed by atoms with Crippen LogP contribution in [0.5, 0.6) is 0 Å². The Hall–Kier alpha value is -1.75. The highest BCUT2D eigenvalue weighted by molar-refractivity contribution is 5.21. The van der Waals surface area contributed by atoms with E-state index in [2.05, 4.69) is 41.3 Å². The first-order valence-corrected chi connectivity index (χ1v) is 11.1. The lowest BCUT2D eigenvalue weighted by Gasteiger charge is -2.38. The van der Waals surface area contributed by atoms with Crippen molar-refractivity contribution in [2.75, 3.05) is 19.7 Å². The van der Waals surface area contributed by atoms with Crippen LogP contribution in [0.3, 0.4) is 0 Å². The molecule has 0 radical (unpaired) electrons. The van der Waals surface area contributed by atoms with E-state index in [0.29, 0.717) is 17.9 Å². The van der Waals surface area contributed by atoms with Gasteiger partial charge in [-0.2, -0.15) is 0 Å². The largest absolute Gasteiger partial charge is 0.378 e. The number of rotatable bonds is 6. The van der Waals surface area contributed by atoms with E-state index in [1.807, 2.05) is 6.07 Å². The van der Waals surface area contributed by atoms with Crippen molar-refractivity contribution in [3.8, 4) is 0 Å². The van der Waals surface area contributed by atoms with Crippen molar-refractivity contribution in [1.82, 2.24) is 4.90 Å². The molecule has 2 fully saturated rings. The van der Waals surface area contributed by atoms with Crippen molar-refractivity contribution in [3.05, 3.63) is 71.5 Å². The quantitative estimate of drug-likeness (QED) is 0.768. The predicted octanol–water partition coefficient (Wildman–Crippen LogP) is 4.72. The van der Waals surface area contributed by atoms with Gasteiger partial charge in [0, 0.05) is 25.0 Å². The lowest BCUT2D eigenvalue weighted by molar-refractivity contribution is -0.0162. The molecule has 0 amide bonds. The molecule has 1 saturated heterocycles. The number of nitrogens with zero attached hydrogens (tertiary/aromatic N) is 1. The van der Waals surface area contributed by atoms with Gasteiger partial charge < -0.3 is 10.5 Å². The van der Waals surface area contributed by atoms with Gasteiger partial charge in [0.2, 0.25) is 0 Å². The maximum absolute atomic E-state index is 13.5. The highest BCUT2D eigenvalue weighted by Crippen LogP contribution is 2.34. The summed E-state index contributed by atoms with van der Waals surface area (Å²) in [6.07, 6.45) is 5.60. The van der Waals surface area contributed by atoms with Crippen molar-refractivity contribution in [1.29, 1.82) is 0 Å². The van der Waals surface area contributed by atoms with E-state index in [1.54, 1.807) is 6.07 Å².